The molecule has 0 saturated carbocycles. The molecule has 0 aromatic rings. The van der Waals surface area contributed by atoms with Crippen LogP contribution in [0.3, 0.4) is 0 Å². The summed E-state index contributed by atoms with van der Waals surface area (Å²) < 4.78 is 51.3. The molecule has 41 heavy (non-hydrogen) atoms. The summed E-state index contributed by atoms with van der Waals surface area (Å²) in [7, 11) is 0. The van der Waals surface area contributed by atoms with Crippen LogP contribution >= 0.6 is 0 Å². The van der Waals surface area contributed by atoms with Crippen molar-refractivity contribution in [1.82, 2.24) is 0 Å². The number of hydrogen-bond donors (Lipinski definition) is 2. The first-order chi connectivity index (χ1) is 19.5. The second-order valence-corrected chi connectivity index (χ2v) is 11.9. The van der Waals surface area contributed by atoms with Crippen LogP contribution in [0.25, 0.3) is 0 Å². The lowest BCUT2D eigenvalue weighted by atomic mass is 9.92. The maximum absolute atomic E-state index is 10.6. The average molecular weight is 595 g/mol. The fourth-order valence-electron chi connectivity index (χ4n) is 4.03. The van der Waals surface area contributed by atoms with Gasteiger partial charge in [-0.2, -0.15) is 0 Å². The minimum Gasteiger partial charge on any atom is -0.394 e. The number of aliphatic hydroxyl groups is 2. The molecule has 2 heterocycles. The summed E-state index contributed by atoms with van der Waals surface area (Å²) in [6.07, 6.45) is 0.989. The lowest BCUT2D eigenvalue weighted by Crippen LogP contribution is -2.32. The zero-order valence-electron chi connectivity index (χ0n) is 26.4. The molecule has 0 bridgehead atoms. The van der Waals surface area contributed by atoms with Crippen LogP contribution in [0.1, 0.15) is 61.3 Å². The molecule has 0 amide bonds. The summed E-state index contributed by atoms with van der Waals surface area (Å²) >= 11 is 0. The van der Waals surface area contributed by atoms with Crippen molar-refractivity contribution < 1.29 is 52.8 Å². The molecule has 2 fully saturated rings. The summed E-state index contributed by atoms with van der Waals surface area (Å²) in [6, 6.07) is 0. The van der Waals surface area contributed by atoms with Gasteiger partial charge in [0.15, 0.2) is 0 Å². The van der Waals surface area contributed by atoms with E-state index in [2.05, 4.69) is 0 Å². The van der Waals surface area contributed by atoms with Gasteiger partial charge in [-0.3, -0.25) is 0 Å². The van der Waals surface area contributed by atoms with Gasteiger partial charge in [-0.25, -0.2) is 0 Å². The smallest absolute Gasteiger partial charge is 0.0813 e. The molecule has 2 saturated heterocycles. The molecule has 10 unspecified atom stereocenters. The van der Waals surface area contributed by atoms with Crippen molar-refractivity contribution in [2.24, 2.45) is 5.92 Å². The highest BCUT2D eigenvalue weighted by Crippen LogP contribution is 2.29. The molecule has 0 aromatic carbocycles. The van der Waals surface area contributed by atoms with Crippen LogP contribution in [0.5, 0.6) is 0 Å². The molecule has 10 atom stereocenters. The Balaban J connectivity index is 1.47. The first-order valence-electron chi connectivity index (χ1n) is 15.4. The Morgan fingerprint density at radius 1 is 0.512 bits per heavy atom. The molecule has 0 spiro atoms. The zero-order valence-corrected chi connectivity index (χ0v) is 26.4. The van der Waals surface area contributed by atoms with Gasteiger partial charge in [-0.05, 0) is 67.2 Å². The van der Waals surface area contributed by atoms with Crippen LogP contribution in [-0.4, -0.2) is 137 Å². The third-order valence-electron chi connectivity index (χ3n) is 6.98. The van der Waals surface area contributed by atoms with Crippen molar-refractivity contribution in [3.8, 4) is 0 Å². The molecule has 11 heteroatoms. The van der Waals surface area contributed by atoms with Crippen LogP contribution in [0.4, 0.5) is 0 Å². The molecule has 2 N–H and O–H groups in total. The maximum Gasteiger partial charge on any atom is 0.0813 e. The lowest BCUT2D eigenvalue weighted by molar-refractivity contribution is -0.109. The average Bonchev–Trinajstić information content (AvgIpc) is 3.90. The van der Waals surface area contributed by atoms with Crippen molar-refractivity contribution >= 4 is 0 Å². The van der Waals surface area contributed by atoms with Gasteiger partial charge in [-0.1, -0.05) is 0 Å². The Hall–Kier alpha value is -0.440. The lowest BCUT2D eigenvalue weighted by Gasteiger charge is -2.24. The summed E-state index contributed by atoms with van der Waals surface area (Å²) in [5, 5.41) is 19.6. The molecule has 2 aliphatic heterocycles. The van der Waals surface area contributed by atoms with E-state index in [4.69, 9.17) is 47.7 Å². The Bertz CT molecular complexity index is 634. The third kappa shape index (κ3) is 18.7. The van der Waals surface area contributed by atoms with Crippen molar-refractivity contribution in [3.63, 3.8) is 0 Å². The molecule has 2 rings (SSSR count). The van der Waals surface area contributed by atoms with Gasteiger partial charge in [0.1, 0.15) is 0 Å². The van der Waals surface area contributed by atoms with Gasteiger partial charge in [0.05, 0.1) is 127 Å². The quantitative estimate of drug-likeness (QED) is 0.136. The van der Waals surface area contributed by atoms with Crippen LogP contribution in [0.2, 0.25) is 0 Å². The highest BCUT2D eigenvalue weighted by molar-refractivity contribution is 4.83. The number of epoxide rings is 2. The van der Waals surface area contributed by atoms with E-state index in [9.17, 15) is 5.11 Å². The second kappa shape index (κ2) is 20.5. The third-order valence-corrected chi connectivity index (χ3v) is 6.98. The first kappa shape index (κ1) is 36.8. The van der Waals surface area contributed by atoms with Crippen LogP contribution in [0.15, 0.2) is 0 Å². The Labute approximate surface area is 247 Å². The largest absolute Gasteiger partial charge is 0.394 e. The number of ether oxygens (including phenoxy) is 9. The summed E-state index contributed by atoms with van der Waals surface area (Å²) in [6.45, 7) is 18.1. The Morgan fingerprint density at radius 2 is 0.780 bits per heavy atom. The predicted molar refractivity (Wildman–Crippen MR) is 153 cm³/mol. The van der Waals surface area contributed by atoms with Gasteiger partial charge >= 0.3 is 0 Å². The van der Waals surface area contributed by atoms with Crippen molar-refractivity contribution in [1.29, 1.82) is 0 Å². The summed E-state index contributed by atoms with van der Waals surface area (Å²) in [5.41, 5.74) is 0. The standard InChI is InChI=1S/C30H58O11/c1-20(10-31)33-11-21(2)34-12-22(3)35-13-23(4)36-14-24(5)37-15-25(6)38-16-26(7)39-19-30(32)27(8-28-17-40-28)9-29-18-41-29/h20-32H,8-19H2,1-7H3. The van der Waals surface area contributed by atoms with Crippen LogP contribution < -0.4 is 0 Å². The molecule has 2 aliphatic rings. The van der Waals surface area contributed by atoms with E-state index >= 15 is 0 Å². The summed E-state index contributed by atoms with van der Waals surface area (Å²) in [5.74, 6) is 0.132. The fraction of sp³-hybridized carbons (Fsp3) is 1.00. The van der Waals surface area contributed by atoms with E-state index in [0.717, 1.165) is 26.1 Å². The van der Waals surface area contributed by atoms with Gasteiger partial charge in [-0.15, -0.1) is 0 Å². The first-order valence-corrected chi connectivity index (χ1v) is 15.4. The van der Waals surface area contributed by atoms with Crippen molar-refractivity contribution in [3.05, 3.63) is 0 Å². The maximum atomic E-state index is 10.6. The van der Waals surface area contributed by atoms with Gasteiger partial charge in [0, 0.05) is 0 Å². The fourth-order valence-corrected chi connectivity index (χ4v) is 4.03. The Kier molecular flexibility index (Phi) is 18.4. The number of aliphatic hydroxyl groups excluding tert-OH is 2. The molecule has 0 aliphatic carbocycles. The minimum absolute atomic E-state index is 0.00299. The van der Waals surface area contributed by atoms with E-state index in [1.165, 1.54) is 0 Å². The highest BCUT2D eigenvalue weighted by atomic mass is 16.6. The zero-order chi connectivity index (χ0) is 30.2. The Morgan fingerprint density at radius 3 is 1.05 bits per heavy atom. The molecular weight excluding hydrogens is 536 g/mol. The van der Waals surface area contributed by atoms with Crippen molar-refractivity contribution in [2.75, 3.05) is 66.1 Å². The van der Waals surface area contributed by atoms with Gasteiger partial charge in [0.25, 0.3) is 0 Å². The topological polar surface area (TPSA) is 130 Å². The van der Waals surface area contributed by atoms with E-state index < -0.39 is 6.10 Å². The number of rotatable bonds is 27. The van der Waals surface area contributed by atoms with Crippen molar-refractivity contribution in [2.45, 2.75) is 122 Å². The van der Waals surface area contributed by atoms with E-state index in [-0.39, 0.29) is 74.1 Å². The van der Waals surface area contributed by atoms with E-state index in [1.807, 2.05) is 48.5 Å². The SMILES string of the molecule is CC(CO)OCC(C)OCC(C)OCC(C)OCC(C)OCC(C)OCC(C)OCC(O)C(CC1CO1)CC1CO1. The monoisotopic (exact) mass is 594 g/mol. The van der Waals surface area contributed by atoms with Gasteiger partial charge in [0.2, 0.25) is 0 Å². The van der Waals surface area contributed by atoms with Crippen LogP contribution in [0, 0.1) is 5.92 Å². The summed E-state index contributed by atoms with van der Waals surface area (Å²) in [4.78, 5) is 0. The van der Waals surface area contributed by atoms with Crippen LogP contribution in [-0.2, 0) is 42.6 Å². The molecular formula is C30H58O11. The predicted octanol–water partition coefficient (Wildman–Crippen LogP) is 2.37. The molecule has 0 aromatic heterocycles. The van der Waals surface area contributed by atoms with E-state index in [1.54, 1.807) is 0 Å². The van der Waals surface area contributed by atoms with E-state index in [0.29, 0.717) is 39.6 Å². The second-order valence-electron chi connectivity index (χ2n) is 11.9. The normalized spacial score (nSPS) is 25.1. The number of hydrogen-bond acceptors (Lipinski definition) is 11. The van der Waals surface area contributed by atoms with Gasteiger partial charge < -0.3 is 52.8 Å². The highest BCUT2D eigenvalue weighted by Gasteiger charge is 2.35. The minimum atomic E-state index is -0.535. The molecule has 244 valence electrons. The molecule has 11 nitrogen and oxygen atoms in total. The molecule has 0 radical (unpaired) electrons.